The zero-order chi connectivity index (χ0) is 19.6. The molecule has 140 valence electrons. The summed E-state index contributed by atoms with van der Waals surface area (Å²) >= 11 is 0. The van der Waals surface area contributed by atoms with Gasteiger partial charge in [0.1, 0.15) is 17.4 Å². The van der Waals surface area contributed by atoms with E-state index in [-0.39, 0.29) is 23.3 Å². The number of phenolic OH excluding ortho intramolecular Hbond substituents is 2. The number of hydrazone groups is 1. The van der Waals surface area contributed by atoms with Crippen molar-refractivity contribution in [2.45, 2.75) is 19.8 Å². The number of amides is 2. The molecule has 1 fully saturated rings. The zero-order valence-electron chi connectivity index (χ0n) is 15.1. The molecule has 4 N–H and O–H groups in total. The van der Waals surface area contributed by atoms with E-state index in [1.165, 1.54) is 12.3 Å². The summed E-state index contributed by atoms with van der Waals surface area (Å²) < 4.78 is 0. The van der Waals surface area contributed by atoms with Gasteiger partial charge >= 0.3 is 0 Å². The van der Waals surface area contributed by atoms with Gasteiger partial charge in [0, 0.05) is 23.6 Å². The Hall–Kier alpha value is -3.35. The van der Waals surface area contributed by atoms with Gasteiger partial charge in [-0.05, 0) is 31.0 Å². The summed E-state index contributed by atoms with van der Waals surface area (Å²) in [5.41, 5.74) is 4.62. The van der Waals surface area contributed by atoms with Crippen LogP contribution >= 0.6 is 0 Å². The fraction of sp³-hybridized carbons (Fsp3) is 0.250. The second kappa shape index (κ2) is 7.49. The second-order valence-electron chi connectivity index (χ2n) is 6.57. The van der Waals surface area contributed by atoms with Crippen LogP contribution in [0, 0.1) is 19.8 Å². The van der Waals surface area contributed by atoms with Crippen molar-refractivity contribution in [1.29, 1.82) is 0 Å². The van der Waals surface area contributed by atoms with Crippen molar-refractivity contribution in [3.05, 3.63) is 58.7 Å². The van der Waals surface area contributed by atoms with Crippen LogP contribution in [-0.4, -0.2) is 34.8 Å². The molecule has 27 heavy (non-hydrogen) atoms. The van der Waals surface area contributed by atoms with E-state index in [1.54, 1.807) is 13.8 Å². The smallest absolute Gasteiger partial charge is 0.253 e. The lowest BCUT2D eigenvalue weighted by molar-refractivity contribution is -0.133. The number of benzene rings is 2. The first-order valence-electron chi connectivity index (χ1n) is 8.58. The molecule has 1 aliphatic heterocycles. The van der Waals surface area contributed by atoms with Gasteiger partial charge in [0.2, 0.25) is 5.91 Å². The molecule has 0 unspecified atom stereocenters. The number of phenols is 2. The first-order valence-corrected chi connectivity index (χ1v) is 8.58. The number of carbonyl (C=O) groups is 2. The Kier molecular flexibility index (Phi) is 5.12. The van der Waals surface area contributed by atoms with Crippen LogP contribution in [0.1, 0.15) is 28.2 Å². The molecule has 0 aliphatic carbocycles. The van der Waals surface area contributed by atoms with Crippen LogP contribution in [0.5, 0.6) is 11.5 Å². The minimum Gasteiger partial charge on any atom is -0.508 e. The number of aromatic hydroxyl groups is 2. The lowest BCUT2D eigenvalue weighted by atomic mass is 9.88. The first-order chi connectivity index (χ1) is 12.9. The third kappa shape index (κ3) is 3.62. The Morgan fingerprint density at radius 1 is 1.26 bits per heavy atom. The third-order valence-electron chi connectivity index (χ3n) is 4.83. The van der Waals surface area contributed by atoms with Crippen molar-refractivity contribution in [1.82, 2.24) is 10.7 Å². The van der Waals surface area contributed by atoms with E-state index in [0.717, 1.165) is 5.56 Å². The molecule has 3 rings (SSSR count). The topological polar surface area (TPSA) is 111 Å². The minimum absolute atomic E-state index is 0.0143. The van der Waals surface area contributed by atoms with Crippen LogP contribution in [0.3, 0.4) is 0 Å². The van der Waals surface area contributed by atoms with Crippen molar-refractivity contribution >= 4 is 18.0 Å². The van der Waals surface area contributed by atoms with E-state index >= 15 is 0 Å². The highest BCUT2D eigenvalue weighted by Gasteiger charge is 2.40. The van der Waals surface area contributed by atoms with Gasteiger partial charge in [-0.3, -0.25) is 9.59 Å². The quantitative estimate of drug-likeness (QED) is 0.374. The van der Waals surface area contributed by atoms with Gasteiger partial charge in [-0.25, -0.2) is 5.43 Å². The summed E-state index contributed by atoms with van der Waals surface area (Å²) in [6.45, 7) is 3.67. The van der Waals surface area contributed by atoms with E-state index in [9.17, 15) is 19.8 Å². The van der Waals surface area contributed by atoms with Gasteiger partial charge < -0.3 is 15.5 Å². The molecule has 2 aromatic rings. The SMILES string of the molecule is Cc1cc(O)c(C)c(O)c1/C=N\NC(=O)[C@H]1C(=O)NC[C@@H]1c1ccccc1. The first kappa shape index (κ1) is 18.4. The van der Waals surface area contributed by atoms with Gasteiger partial charge in [0.15, 0.2) is 0 Å². The fourth-order valence-corrected chi connectivity index (χ4v) is 3.23. The molecule has 0 radical (unpaired) electrons. The Labute approximate surface area is 156 Å². The molecule has 0 spiro atoms. The maximum atomic E-state index is 12.5. The van der Waals surface area contributed by atoms with Crippen LogP contribution in [0.2, 0.25) is 0 Å². The summed E-state index contributed by atoms with van der Waals surface area (Å²) in [7, 11) is 0. The summed E-state index contributed by atoms with van der Waals surface area (Å²) in [5.74, 6) is -2.11. The summed E-state index contributed by atoms with van der Waals surface area (Å²) in [4.78, 5) is 24.7. The van der Waals surface area contributed by atoms with Gasteiger partial charge in [0.05, 0.1) is 6.21 Å². The van der Waals surface area contributed by atoms with E-state index in [2.05, 4.69) is 15.8 Å². The molecule has 0 saturated carbocycles. The standard InChI is InChI=1S/C20H21N3O4/c1-11-8-16(24)12(2)18(25)14(11)10-22-23-20(27)17-15(9-21-19(17)26)13-6-4-3-5-7-13/h3-8,10,15,17,24-25H,9H2,1-2H3,(H,21,26)(H,23,27)/b22-10-/t15-,17-/m1/s1. The molecule has 1 aliphatic rings. The molecule has 2 aromatic carbocycles. The second-order valence-corrected chi connectivity index (χ2v) is 6.57. The van der Waals surface area contributed by atoms with Gasteiger partial charge in [0.25, 0.3) is 5.91 Å². The maximum absolute atomic E-state index is 12.5. The summed E-state index contributed by atoms with van der Waals surface area (Å²) in [5, 5.41) is 26.5. The number of hydrogen-bond acceptors (Lipinski definition) is 5. The molecule has 1 heterocycles. The molecule has 2 atom stereocenters. The minimum atomic E-state index is -0.874. The number of rotatable bonds is 4. The third-order valence-corrected chi connectivity index (χ3v) is 4.83. The number of carbonyl (C=O) groups excluding carboxylic acids is 2. The Morgan fingerprint density at radius 3 is 2.67 bits per heavy atom. The van der Waals surface area contributed by atoms with Crippen LogP contribution in [0.15, 0.2) is 41.5 Å². The van der Waals surface area contributed by atoms with Crippen molar-refractivity contribution in [2.24, 2.45) is 11.0 Å². The normalized spacial score (nSPS) is 19.3. The lowest BCUT2D eigenvalue weighted by Gasteiger charge is -2.15. The molecule has 1 saturated heterocycles. The Balaban J connectivity index is 1.76. The highest BCUT2D eigenvalue weighted by molar-refractivity contribution is 6.03. The zero-order valence-corrected chi connectivity index (χ0v) is 15.1. The number of nitrogens with zero attached hydrogens (tertiary/aromatic N) is 1. The average molecular weight is 367 g/mol. The molecule has 7 nitrogen and oxygen atoms in total. The van der Waals surface area contributed by atoms with E-state index < -0.39 is 11.8 Å². The van der Waals surface area contributed by atoms with E-state index in [0.29, 0.717) is 23.2 Å². The maximum Gasteiger partial charge on any atom is 0.253 e. The monoisotopic (exact) mass is 367 g/mol. The molecule has 2 amide bonds. The number of hydrogen-bond donors (Lipinski definition) is 4. The summed E-state index contributed by atoms with van der Waals surface area (Å²) in [6.07, 6.45) is 1.30. The molecular weight excluding hydrogens is 346 g/mol. The molecule has 7 heteroatoms. The van der Waals surface area contributed by atoms with Gasteiger partial charge in [-0.2, -0.15) is 5.10 Å². The predicted molar refractivity (Wildman–Crippen MR) is 101 cm³/mol. The number of nitrogens with one attached hydrogen (secondary N) is 2. The summed E-state index contributed by atoms with van der Waals surface area (Å²) in [6, 6.07) is 10.9. The van der Waals surface area contributed by atoms with Crippen LogP contribution in [0.25, 0.3) is 0 Å². The average Bonchev–Trinajstić information content (AvgIpc) is 3.05. The molecule has 0 bridgehead atoms. The van der Waals surface area contributed by atoms with E-state index in [1.807, 2.05) is 30.3 Å². The lowest BCUT2D eigenvalue weighted by Crippen LogP contribution is -2.34. The highest BCUT2D eigenvalue weighted by Crippen LogP contribution is 2.31. The number of aryl methyl sites for hydroxylation is 1. The van der Waals surface area contributed by atoms with Crippen LogP contribution in [0.4, 0.5) is 0 Å². The van der Waals surface area contributed by atoms with Crippen molar-refractivity contribution in [3.63, 3.8) is 0 Å². The van der Waals surface area contributed by atoms with Crippen molar-refractivity contribution in [3.8, 4) is 11.5 Å². The van der Waals surface area contributed by atoms with Crippen molar-refractivity contribution < 1.29 is 19.8 Å². The molecular formula is C20H21N3O4. The van der Waals surface area contributed by atoms with Gasteiger partial charge in [-0.15, -0.1) is 0 Å². The van der Waals surface area contributed by atoms with Crippen LogP contribution < -0.4 is 10.7 Å². The van der Waals surface area contributed by atoms with Crippen LogP contribution in [-0.2, 0) is 9.59 Å². The van der Waals surface area contributed by atoms with Crippen molar-refractivity contribution in [2.75, 3.05) is 6.54 Å². The predicted octanol–water partition coefficient (Wildman–Crippen LogP) is 1.69. The van der Waals surface area contributed by atoms with E-state index in [4.69, 9.17) is 0 Å². The molecule has 0 aromatic heterocycles. The van der Waals surface area contributed by atoms with Gasteiger partial charge in [-0.1, -0.05) is 30.3 Å². The Morgan fingerprint density at radius 2 is 1.96 bits per heavy atom. The highest BCUT2D eigenvalue weighted by atomic mass is 16.3. The Bertz CT molecular complexity index is 909. The fourth-order valence-electron chi connectivity index (χ4n) is 3.23. The largest absolute Gasteiger partial charge is 0.508 e.